The Hall–Kier alpha value is -1.64. The molecule has 1 unspecified atom stereocenters. The molecule has 0 amide bonds. The first-order valence-electron chi connectivity index (χ1n) is 9.04. The highest BCUT2D eigenvalue weighted by molar-refractivity contribution is 5.28. The third kappa shape index (κ3) is 3.88. The van der Waals surface area contributed by atoms with Crippen molar-refractivity contribution in [3.8, 4) is 0 Å². The molecule has 0 aliphatic carbocycles. The maximum absolute atomic E-state index is 10.2. The first kappa shape index (κ1) is 17.2. The average molecular weight is 323 g/mol. The van der Waals surface area contributed by atoms with Gasteiger partial charge < -0.3 is 5.11 Å². The molecule has 2 nitrogen and oxygen atoms in total. The summed E-state index contributed by atoms with van der Waals surface area (Å²) in [4.78, 5) is 2.53. The highest BCUT2D eigenvalue weighted by Crippen LogP contribution is 2.35. The van der Waals surface area contributed by atoms with Crippen LogP contribution in [0.15, 0.2) is 48.5 Å². The van der Waals surface area contributed by atoms with Crippen LogP contribution in [0.1, 0.15) is 35.1 Å². The molecule has 0 bridgehead atoms. The standard InChI is InChI=1S/C22H29NO/c1-18-8-3-5-10-20(18)14-22(17-24)12-7-13-23(16-22)15-21-11-6-4-9-19(21)2/h3-6,8-11,24H,7,12-17H2,1-2H3. The van der Waals surface area contributed by atoms with E-state index < -0.39 is 0 Å². The van der Waals surface area contributed by atoms with Gasteiger partial charge in [-0.05, 0) is 61.9 Å². The summed E-state index contributed by atoms with van der Waals surface area (Å²) in [5, 5.41) is 10.2. The average Bonchev–Trinajstić information content (AvgIpc) is 2.59. The molecular weight excluding hydrogens is 294 g/mol. The highest BCUT2D eigenvalue weighted by Gasteiger charge is 2.35. The van der Waals surface area contributed by atoms with E-state index in [9.17, 15) is 5.11 Å². The number of nitrogens with zero attached hydrogens (tertiary/aromatic N) is 1. The molecule has 128 valence electrons. The van der Waals surface area contributed by atoms with Crippen LogP contribution in [-0.2, 0) is 13.0 Å². The zero-order chi connectivity index (χ0) is 17.0. The molecular formula is C22H29NO. The quantitative estimate of drug-likeness (QED) is 0.894. The van der Waals surface area contributed by atoms with Gasteiger partial charge in [0.1, 0.15) is 0 Å². The van der Waals surface area contributed by atoms with Gasteiger partial charge in [-0.3, -0.25) is 4.90 Å². The van der Waals surface area contributed by atoms with Crippen molar-refractivity contribution in [3.63, 3.8) is 0 Å². The molecule has 0 aromatic heterocycles. The second-order valence-electron chi connectivity index (χ2n) is 7.50. The van der Waals surface area contributed by atoms with Crippen LogP contribution in [0.25, 0.3) is 0 Å². The molecule has 3 rings (SSSR count). The number of likely N-dealkylation sites (tertiary alicyclic amines) is 1. The molecule has 1 N–H and O–H groups in total. The van der Waals surface area contributed by atoms with Gasteiger partial charge in [0.25, 0.3) is 0 Å². The lowest BCUT2D eigenvalue weighted by atomic mass is 9.75. The van der Waals surface area contributed by atoms with Crippen LogP contribution in [-0.4, -0.2) is 29.7 Å². The van der Waals surface area contributed by atoms with Gasteiger partial charge in [-0.25, -0.2) is 0 Å². The number of rotatable bonds is 5. The summed E-state index contributed by atoms with van der Waals surface area (Å²) in [7, 11) is 0. The summed E-state index contributed by atoms with van der Waals surface area (Å²) in [6.07, 6.45) is 3.25. The van der Waals surface area contributed by atoms with Gasteiger partial charge in [-0.1, -0.05) is 48.5 Å². The molecule has 0 spiro atoms. The second-order valence-corrected chi connectivity index (χ2v) is 7.50. The van der Waals surface area contributed by atoms with Crippen molar-refractivity contribution in [1.82, 2.24) is 4.90 Å². The SMILES string of the molecule is Cc1ccccc1CN1CCCC(CO)(Cc2ccccc2C)C1. The summed E-state index contributed by atoms with van der Waals surface area (Å²) < 4.78 is 0. The summed E-state index contributed by atoms with van der Waals surface area (Å²) in [6.45, 7) is 7.73. The van der Waals surface area contributed by atoms with Gasteiger partial charge >= 0.3 is 0 Å². The molecule has 1 aliphatic rings. The van der Waals surface area contributed by atoms with Crippen LogP contribution in [0, 0.1) is 19.3 Å². The predicted molar refractivity (Wildman–Crippen MR) is 100 cm³/mol. The monoisotopic (exact) mass is 323 g/mol. The summed E-state index contributed by atoms with van der Waals surface area (Å²) in [6, 6.07) is 17.2. The molecule has 1 atom stereocenters. The first-order valence-corrected chi connectivity index (χ1v) is 9.04. The smallest absolute Gasteiger partial charge is 0.0502 e. The fraction of sp³-hybridized carbons (Fsp3) is 0.455. The number of benzene rings is 2. The Kier molecular flexibility index (Phi) is 5.37. The van der Waals surface area contributed by atoms with Gasteiger partial charge in [0, 0.05) is 18.5 Å². The molecule has 2 aromatic rings. The van der Waals surface area contributed by atoms with E-state index in [1.54, 1.807) is 0 Å². The van der Waals surface area contributed by atoms with E-state index in [1.165, 1.54) is 28.7 Å². The lowest BCUT2D eigenvalue weighted by Crippen LogP contribution is -2.46. The fourth-order valence-corrected chi connectivity index (χ4v) is 4.02. The number of aryl methyl sites for hydroxylation is 2. The minimum Gasteiger partial charge on any atom is -0.396 e. The van der Waals surface area contributed by atoms with E-state index in [0.717, 1.165) is 32.5 Å². The number of hydrogen-bond acceptors (Lipinski definition) is 2. The van der Waals surface area contributed by atoms with Crippen LogP contribution in [0.3, 0.4) is 0 Å². The maximum atomic E-state index is 10.2. The Morgan fingerprint density at radius 3 is 2.21 bits per heavy atom. The Labute approximate surface area is 146 Å². The van der Waals surface area contributed by atoms with Gasteiger partial charge in [-0.15, -0.1) is 0 Å². The van der Waals surface area contributed by atoms with Crippen molar-refractivity contribution in [2.45, 2.75) is 39.7 Å². The van der Waals surface area contributed by atoms with Crippen LogP contribution >= 0.6 is 0 Å². The number of piperidine rings is 1. The normalized spacial score (nSPS) is 21.8. The molecule has 1 fully saturated rings. The zero-order valence-electron chi connectivity index (χ0n) is 15.0. The predicted octanol–water partition coefficient (Wildman–Crippen LogP) is 4.12. The van der Waals surface area contributed by atoms with Crippen LogP contribution in [0.5, 0.6) is 0 Å². The number of hydrogen-bond donors (Lipinski definition) is 1. The molecule has 0 radical (unpaired) electrons. The van der Waals surface area contributed by atoms with E-state index in [1.807, 2.05) is 0 Å². The minimum absolute atomic E-state index is 0.00690. The number of aliphatic hydroxyl groups excluding tert-OH is 1. The highest BCUT2D eigenvalue weighted by atomic mass is 16.3. The van der Waals surface area contributed by atoms with Gasteiger partial charge in [0.15, 0.2) is 0 Å². The van der Waals surface area contributed by atoms with Crippen molar-refractivity contribution in [1.29, 1.82) is 0 Å². The van der Waals surface area contributed by atoms with Gasteiger partial charge in [0.05, 0.1) is 6.61 Å². The van der Waals surface area contributed by atoms with Crippen LogP contribution in [0.2, 0.25) is 0 Å². The third-order valence-corrected chi connectivity index (χ3v) is 5.56. The third-order valence-electron chi connectivity index (χ3n) is 5.56. The zero-order valence-corrected chi connectivity index (χ0v) is 15.0. The van der Waals surface area contributed by atoms with Crippen LogP contribution in [0.4, 0.5) is 0 Å². The van der Waals surface area contributed by atoms with E-state index >= 15 is 0 Å². The van der Waals surface area contributed by atoms with Crippen molar-refractivity contribution >= 4 is 0 Å². The van der Waals surface area contributed by atoms with Crippen molar-refractivity contribution in [3.05, 3.63) is 70.8 Å². The molecule has 24 heavy (non-hydrogen) atoms. The minimum atomic E-state index is -0.00690. The maximum Gasteiger partial charge on any atom is 0.0502 e. The molecule has 0 saturated carbocycles. The molecule has 2 heteroatoms. The van der Waals surface area contributed by atoms with E-state index in [-0.39, 0.29) is 12.0 Å². The number of aliphatic hydroxyl groups is 1. The lowest BCUT2D eigenvalue weighted by molar-refractivity contribution is 0.0287. The largest absolute Gasteiger partial charge is 0.396 e. The molecule has 1 heterocycles. The van der Waals surface area contributed by atoms with Crippen molar-refractivity contribution in [2.75, 3.05) is 19.7 Å². The van der Waals surface area contributed by atoms with Gasteiger partial charge in [-0.2, -0.15) is 0 Å². The Balaban J connectivity index is 1.74. The van der Waals surface area contributed by atoms with Crippen molar-refractivity contribution < 1.29 is 5.11 Å². The second kappa shape index (κ2) is 7.50. The summed E-state index contributed by atoms with van der Waals surface area (Å²) >= 11 is 0. The fourth-order valence-electron chi connectivity index (χ4n) is 4.02. The topological polar surface area (TPSA) is 23.5 Å². The molecule has 2 aromatic carbocycles. The van der Waals surface area contributed by atoms with E-state index in [2.05, 4.69) is 67.3 Å². The van der Waals surface area contributed by atoms with Crippen molar-refractivity contribution in [2.24, 2.45) is 5.41 Å². The Morgan fingerprint density at radius 2 is 1.58 bits per heavy atom. The van der Waals surface area contributed by atoms with Gasteiger partial charge in [0.2, 0.25) is 0 Å². The summed E-state index contributed by atoms with van der Waals surface area (Å²) in [5.74, 6) is 0. The Bertz CT molecular complexity index is 681. The van der Waals surface area contributed by atoms with E-state index in [0.29, 0.717) is 0 Å². The summed E-state index contributed by atoms with van der Waals surface area (Å²) in [5.41, 5.74) is 5.47. The Morgan fingerprint density at radius 1 is 0.958 bits per heavy atom. The van der Waals surface area contributed by atoms with Crippen LogP contribution < -0.4 is 0 Å². The van der Waals surface area contributed by atoms with E-state index in [4.69, 9.17) is 0 Å². The lowest BCUT2D eigenvalue weighted by Gasteiger charge is -2.42. The first-order chi connectivity index (χ1) is 11.6. The molecule has 1 saturated heterocycles. The molecule has 1 aliphatic heterocycles.